The lowest BCUT2D eigenvalue weighted by Gasteiger charge is -2.04. The molecule has 4 heteroatoms. The third-order valence-corrected chi connectivity index (χ3v) is 3.31. The van der Waals surface area contributed by atoms with E-state index in [1.54, 1.807) is 0 Å². The van der Waals surface area contributed by atoms with Gasteiger partial charge in [-0.3, -0.25) is 4.57 Å². The van der Waals surface area contributed by atoms with Crippen molar-refractivity contribution in [1.29, 1.82) is 0 Å². The lowest BCUT2D eigenvalue weighted by molar-refractivity contribution is 0.359. The summed E-state index contributed by atoms with van der Waals surface area (Å²) in [6.45, 7) is 3.20. The van der Waals surface area contributed by atoms with Crippen molar-refractivity contribution in [2.45, 2.75) is 6.92 Å². The largest absolute Gasteiger partial charge is 0.316 e. The standard InChI is InChI=1S/C4H10NO2P/c1-2-8(6)5-3-4-7-8/h2-4H2,1H3,(H,5,6). The average Bonchev–Trinajstić information content (AvgIpc) is 2.17. The van der Waals surface area contributed by atoms with Gasteiger partial charge >= 0.3 is 0 Å². The first-order valence-corrected chi connectivity index (χ1v) is 4.56. The Morgan fingerprint density at radius 1 is 1.88 bits per heavy atom. The van der Waals surface area contributed by atoms with Crippen molar-refractivity contribution in [2.75, 3.05) is 19.3 Å². The number of hydrogen-bond donors (Lipinski definition) is 1. The monoisotopic (exact) mass is 135 g/mol. The molecule has 48 valence electrons. The Morgan fingerprint density at radius 3 is 2.88 bits per heavy atom. The van der Waals surface area contributed by atoms with Crippen molar-refractivity contribution in [3.05, 3.63) is 0 Å². The molecule has 1 aliphatic rings. The van der Waals surface area contributed by atoms with Gasteiger partial charge in [0.2, 0.25) is 0 Å². The van der Waals surface area contributed by atoms with E-state index in [9.17, 15) is 4.57 Å². The fourth-order valence-electron chi connectivity index (χ4n) is 0.658. The van der Waals surface area contributed by atoms with Crippen LogP contribution >= 0.6 is 7.52 Å². The third kappa shape index (κ3) is 1.10. The van der Waals surface area contributed by atoms with Crippen LogP contribution in [0.1, 0.15) is 6.92 Å². The van der Waals surface area contributed by atoms with Crippen molar-refractivity contribution in [3.8, 4) is 0 Å². The van der Waals surface area contributed by atoms with Crippen LogP contribution in [0.25, 0.3) is 0 Å². The summed E-state index contributed by atoms with van der Waals surface area (Å²) in [5.41, 5.74) is 0. The second-order valence-electron chi connectivity index (χ2n) is 1.73. The maximum absolute atomic E-state index is 11.0. The molecular weight excluding hydrogens is 125 g/mol. The smallest absolute Gasteiger partial charge is 0.269 e. The molecule has 1 aliphatic heterocycles. The minimum atomic E-state index is -2.30. The summed E-state index contributed by atoms with van der Waals surface area (Å²) in [5, 5.41) is 2.82. The van der Waals surface area contributed by atoms with Crippen LogP contribution in [0, 0.1) is 0 Å². The van der Waals surface area contributed by atoms with Crippen molar-refractivity contribution < 1.29 is 9.09 Å². The van der Waals surface area contributed by atoms with Gasteiger partial charge in [-0.05, 0) is 0 Å². The van der Waals surface area contributed by atoms with Gasteiger partial charge in [-0.1, -0.05) is 6.92 Å². The van der Waals surface area contributed by atoms with E-state index in [0.717, 1.165) is 6.54 Å². The van der Waals surface area contributed by atoms with E-state index in [1.807, 2.05) is 6.92 Å². The molecule has 8 heavy (non-hydrogen) atoms. The number of rotatable bonds is 1. The molecule has 0 spiro atoms. The van der Waals surface area contributed by atoms with Gasteiger partial charge in [0.05, 0.1) is 6.61 Å². The van der Waals surface area contributed by atoms with Crippen LogP contribution in [0.5, 0.6) is 0 Å². The molecule has 3 nitrogen and oxygen atoms in total. The predicted molar refractivity (Wildman–Crippen MR) is 32.1 cm³/mol. The zero-order valence-electron chi connectivity index (χ0n) is 4.89. The van der Waals surface area contributed by atoms with E-state index in [-0.39, 0.29) is 0 Å². The molecule has 0 saturated carbocycles. The van der Waals surface area contributed by atoms with Crippen LogP contribution in [0.3, 0.4) is 0 Å². The molecule has 1 atom stereocenters. The Hall–Kier alpha value is 0.150. The SMILES string of the molecule is CCP1(=O)NCCO1. The molecule has 0 aromatic heterocycles. The Kier molecular flexibility index (Phi) is 1.71. The highest BCUT2D eigenvalue weighted by atomic mass is 31.2. The zero-order chi connectivity index (χ0) is 6.04. The van der Waals surface area contributed by atoms with Crippen LogP contribution in [0.4, 0.5) is 0 Å². The van der Waals surface area contributed by atoms with Gasteiger partial charge in [-0.25, -0.2) is 5.09 Å². The second kappa shape index (κ2) is 2.18. The molecule has 0 radical (unpaired) electrons. The first kappa shape index (κ1) is 6.27. The molecule has 1 saturated heterocycles. The minimum Gasteiger partial charge on any atom is -0.316 e. The van der Waals surface area contributed by atoms with E-state index in [2.05, 4.69) is 5.09 Å². The van der Waals surface area contributed by atoms with E-state index in [0.29, 0.717) is 12.8 Å². The van der Waals surface area contributed by atoms with Crippen LogP contribution in [-0.2, 0) is 9.09 Å². The van der Waals surface area contributed by atoms with Gasteiger partial charge in [-0.15, -0.1) is 0 Å². The number of hydrogen-bond acceptors (Lipinski definition) is 2. The highest BCUT2D eigenvalue weighted by Gasteiger charge is 2.24. The summed E-state index contributed by atoms with van der Waals surface area (Å²) in [7, 11) is -2.30. The van der Waals surface area contributed by atoms with Gasteiger partial charge in [-0.2, -0.15) is 0 Å². The highest BCUT2D eigenvalue weighted by Crippen LogP contribution is 2.44. The lowest BCUT2D eigenvalue weighted by atomic mass is 10.8. The number of nitrogens with one attached hydrogen (secondary N) is 1. The quantitative estimate of drug-likeness (QED) is 0.541. The highest BCUT2D eigenvalue weighted by molar-refractivity contribution is 7.57. The van der Waals surface area contributed by atoms with Crippen LogP contribution in [-0.4, -0.2) is 19.3 Å². The van der Waals surface area contributed by atoms with E-state index in [4.69, 9.17) is 4.52 Å². The summed E-state index contributed by atoms with van der Waals surface area (Å²) < 4.78 is 16.0. The Morgan fingerprint density at radius 2 is 2.62 bits per heavy atom. The first-order chi connectivity index (χ1) is 3.77. The molecule has 1 fully saturated rings. The van der Waals surface area contributed by atoms with Crippen molar-refractivity contribution in [1.82, 2.24) is 5.09 Å². The molecule has 0 aliphatic carbocycles. The van der Waals surface area contributed by atoms with Crippen LogP contribution in [0.2, 0.25) is 0 Å². The van der Waals surface area contributed by atoms with Gasteiger partial charge in [0.15, 0.2) is 0 Å². The first-order valence-electron chi connectivity index (χ1n) is 2.75. The molecule has 0 amide bonds. The van der Waals surface area contributed by atoms with E-state index >= 15 is 0 Å². The van der Waals surface area contributed by atoms with Gasteiger partial charge < -0.3 is 4.52 Å². The van der Waals surface area contributed by atoms with Gasteiger partial charge in [0.25, 0.3) is 7.52 Å². The molecule has 1 N–H and O–H groups in total. The van der Waals surface area contributed by atoms with E-state index in [1.165, 1.54) is 0 Å². The fraction of sp³-hybridized carbons (Fsp3) is 1.00. The van der Waals surface area contributed by atoms with Gasteiger partial charge in [0.1, 0.15) is 0 Å². The normalized spacial score (nSPS) is 38.1. The fourth-order valence-corrected chi connectivity index (χ4v) is 1.97. The lowest BCUT2D eigenvalue weighted by Crippen LogP contribution is -2.03. The minimum absolute atomic E-state index is 0.602. The van der Waals surface area contributed by atoms with Crippen molar-refractivity contribution >= 4 is 7.52 Å². The van der Waals surface area contributed by atoms with E-state index < -0.39 is 7.52 Å². The Labute approximate surface area is 48.9 Å². The maximum atomic E-state index is 11.0. The Balaban J connectivity index is 2.53. The maximum Gasteiger partial charge on any atom is 0.269 e. The van der Waals surface area contributed by atoms with Crippen LogP contribution in [0.15, 0.2) is 0 Å². The molecule has 1 unspecified atom stereocenters. The predicted octanol–water partition coefficient (Wildman–Crippen LogP) is 0.819. The molecule has 0 aromatic carbocycles. The topological polar surface area (TPSA) is 38.3 Å². The molecule has 1 heterocycles. The van der Waals surface area contributed by atoms with Gasteiger partial charge in [0, 0.05) is 12.7 Å². The zero-order valence-corrected chi connectivity index (χ0v) is 5.78. The summed E-state index contributed by atoms with van der Waals surface area (Å²) in [6.07, 6.45) is 0.604. The molecular formula is C4H10NO2P. The summed E-state index contributed by atoms with van der Waals surface area (Å²) in [6, 6.07) is 0. The average molecular weight is 135 g/mol. The molecule has 0 aromatic rings. The molecule has 1 rings (SSSR count). The summed E-state index contributed by atoms with van der Waals surface area (Å²) in [4.78, 5) is 0. The van der Waals surface area contributed by atoms with Crippen LogP contribution < -0.4 is 5.09 Å². The summed E-state index contributed by atoms with van der Waals surface area (Å²) in [5.74, 6) is 0. The Bertz CT molecular complexity index is 115. The summed E-state index contributed by atoms with van der Waals surface area (Å²) >= 11 is 0. The third-order valence-electron chi connectivity index (χ3n) is 1.17. The van der Waals surface area contributed by atoms with Crippen molar-refractivity contribution in [3.63, 3.8) is 0 Å². The molecule has 0 bridgehead atoms. The van der Waals surface area contributed by atoms with Crippen molar-refractivity contribution in [2.24, 2.45) is 0 Å². The second-order valence-corrected chi connectivity index (χ2v) is 4.28.